The van der Waals surface area contributed by atoms with Crippen LogP contribution >= 0.6 is 0 Å². The van der Waals surface area contributed by atoms with Crippen LogP contribution in [0, 0.1) is 6.92 Å². The van der Waals surface area contributed by atoms with E-state index in [-0.39, 0.29) is 30.4 Å². The van der Waals surface area contributed by atoms with E-state index in [4.69, 9.17) is 0 Å². The van der Waals surface area contributed by atoms with Crippen LogP contribution in [-0.2, 0) is 22.6 Å². The molecule has 1 aliphatic rings. The van der Waals surface area contributed by atoms with Gasteiger partial charge in [0.1, 0.15) is 0 Å². The smallest absolute Gasteiger partial charge is 0.228 e. The summed E-state index contributed by atoms with van der Waals surface area (Å²) >= 11 is 0. The summed E-state index contributed by atoms with van der Waals surface area (Å²) in [6.07, 6.45) is 0.604. The molecular weight excluding hydrogens is 316 g/mol. The first-order chi connectivity index (χ1) is 12.0. The lowest BCUT2D eigenvalue weighted by molar-refractivity contribution is -0.121. The lowest BCUT2D eigenvalue weighted by Crippen LogP contribution is -2.23. The first kappa shape index (κ1) is 16.9. The van der Waals surface area contributed by atoms with Crippen molar-refractivity contribution in [3.63, 3.8) is 0 Å². The van der Waals surface area contributed by atoms with Crippen molar-refractivity contribution in [2.24, 2.45) is 0 Å². The molecule has 128 valence electrons. The van der Waals surface area contributed by atoms with Crippen LogP contribution in [0.4, 0.5) is 5.69 Å². The lowest BCUT2D eigenvalue weighted by atomic mass is 10.0. The minimum atomic E-state index is -0.146. The van der Waals surface area contributed by atoms with Crippen LogP contribution in [0.2, 0.25) is 0 Å². The van der Waals surface area contributed by atoms with Gasteiger partial charge in [0.25, 0.3) is 0 Å². The van der Waals surface area contributed by atoms with Gasteiger partial charge in [0, 0.05) is 30.6 Å². The van der Waals surface area contributed by atoms with Crippen LogP contribution < -0.4 is 10.6 Å². The van der Waals surface area contributed by atoms with Gasteiger partial charge in [-0.25, -0.2) is 0 Å². The highest BCUT2D eigenvalue weighted by molar-refractivity contribution is 6.02. The SMILES string of the molecule is Cc1ccc(CNC(=O)CCC(=O)c2ccc3c(c2)CC(=O)N3)cc1. The number of benzene rings is 2. The third kappa shape index (κ3) is 4.32. The molecule has 0 bridgehead atoms. The molecule has 3 rings (SSSR count). The van der Waals surface area contributed by atoms with Gasteiger partial charge < -0.3 is 10.6 Å². The number of rotatable bonds is 6. The molecule has 2 amide bonds. The second-order valence-electron chi connectivity index (χ2n) is 6.28. The van der Waals surface area contributed by atoms with Crippen molar-refractivity contribution < 1.29 is 14.4 Å². The normalized spacial score (nSPS) is 12.4. The van der Waals surface area contributed by atoms with Gasteiger partial charge in [-0.05, 0) is 36.2 Å². The van der Waals surface area contributed by atoms with Crippen LogP contribution in [0.25, 0.3) is 0 Å². The van der Waals surface area contributed by atoms with E-state index < -0.39 is 0 Å². The highest BCUT2D eigenvalue weighted by Crippen LogP contribution is 2.24. The Hall–Kier alpha value is -2.95. The van der Waals surface area contributed by atoms with Gasteiger partial charge in [0.05, 0.1) is 6.42 Å². The number of hydrogen-bond acceptors (Lipinski definition) is 3. The van der Waals surface area contributed by atoms with E-state index in [0.717, 1.165) is 16.8 Å². The average molecular weight is 336 g/mol. The number of fused-ring (bicyclic) bond motifs is 1. The van der Waals surface area contributed by atoms with Crippen LogP contribution in [0.5, 0.6) is 0 Å². The Labute approximate surface area is 146 Å². The summed E-state index contributed by atoms with van der Waals surface area (Å²) in [6, 6.07) is 13.1. The van der Waals surface area contributed by atoms with Gasteiger partial charge in [-0.3, -0.25) is 14.4 Å². The number of ketones is 1. The minimum Gasteiger partial charge on any atom is -0.352 e. The molecule has 0 saturated heterocycles. The fraction of sp³-hybridized carbons (Fsp3) is 0.250. The first-order valence-electron chi connectivity index (χ1n) is 8.29. The molecule has 2 N–H and O–H groups in total. The number of hydrogen-bond donors (Lipinski definition) is 2. The van der Waals surface area contributed by atoms with E-state index in [2.05, 4.69) is 10.6 Å². The van der Waals surface area contributed by atoms with E-state index in [9.17, 15) is 14.4 Å². The molecule has 1 heterocycles. The van der Waals surface area contributed by atoms with Gasteiger partial charge in [-0.2, -0.15) is 0 Å². The molecule has 0 fully saturated rings. The zero-order valence-corrected chi connectivity index (χ0v) is 14.1. The maximum atomic E-state index is 12.3. The summed E-state index contributed by atoms with van der Waals surface area (Å²) in [7, 11) is 0. The molecule has 2 aromatic carbocycles. The largest absolute Gasteiger partial charge is 0.352 e. The predicted octanol–water partition coefficient (Wildman–Crippen LogP) is 2.77. The fourth-order valence-corrected chi connectivity index (χ4v) is 2.77. The highest BCUT2D eigenvalue weighted by atomic mass is 16.2. The molecule has 0 saturated carbocycles. The molecule has 1 aliphatic heterocycles. The molecule has 2 aromatic rings. The number of carbonyl (C=O) groups excluding carboxylic acids is 3. The predicted molar refractivity (Wildman–Crippen MR) is 95.4 cm³/mol. The fourth-order valence-electron chi connectivity index (χ4n) is 2.77. The third-order valence-electron chi connectivity index (χ3n) is 4.24. The number of anilines is 1. The molecule has 0 aromatic heterocycles. The second-order valence-corrected chi connectivity index (χ2v) is 6.28. The summed E-state index contributed by atoms with van der Waals surface area (Å²) in [5, 5.41) is 5.56. The van der Waals surface area contributed by atoms with E-state index in [1.54, 1.807) is 18.2 Å². The molecule has 5 heteroatoms. The standard InChI is InChI=1S/C20H20N2O3/c1-13-2-4-14(5-3-13)12-21-19(24)9-8-18(23)15-6-7-17-16(10-15)11-20(25)22-17/h2-7,10H,8-9,11-12H2,1H3,(H,21,24)(H,22,25). The Balaban J connectivity index is 1.49. The lowest BCUT2D eigenvalue weighted by Gasteiger charge is -2.06. The number of Topliss-reactive ketones (excluding diaryl/α,β-unsaturated/α-hetero) is 1. The van der Waals surface area contributed by atoms with Gasteiger partial charge >= 0.3 is 0 Å². The number of aryl methyl sites for hydroxylation is 1. The van der Waals surface area contributed by atoms with Gasteiger partial charge in [0.2, 0.25) is 11.8 Å². The van der Waals surface area contributed by atoms with E-state index in [1.165, 1.54) is 5.56 Å². The van der Waals surface area contributed by atoms with Crippen molar-refractivity contribution in [2.45, 2.75) is 32.7 Å². The van der Waals surface area contributed by atoms with Crippen molar-refractivity contribution in [1.82, 2.24) is 5.32 Å². The molecular formula is C20H20N2O3. The third-order valence-corrected chi connectivity index (χ3v) is 4.24. The van der Waals surface area contributed by atoms with Crippen LogP contribution in [-0.4, -0.2) is 17.6 Å². The zero-order chi connectivity index (χ0) is 17.8. The van der Waals surface area contributed by atoms with Gasteiger partial charge in [-0.1, -0.05) is 29.8 Å². The molecule has 0 unspecified atom stereocenters. The number of nitrogens with one attached hydrogen (secondary N) is 2. The van der Waals surface area contributed by atoms with E-state index >= 15 is 0 Å². The van der Waals surface area contributed by atoms with Crippen molar-refractivity contribution in [2.75, 3.05) is 5.32 Å². The maximum absolute atomic E-state index is 12.3. The van der Waals surface area contributed by atoms with E-state index in [1.807, 2.05) is 31.2 Å². The molecule has 25 heavy (non-hydrogen) atoms. The Kier molecular flexibility index (Phi) is 4.93. The Morgan fingerprint density at radius 1 is 1.08 bits per heavy atom. The molecule has 0 spiro atoms. The number of amides is 2. The van der Waals surface area contributed by atoms with Crippen LogP contribution in [0.1, 0.15) is 39.9 Å². The highest BCUT2D eigenvalue weighted by Gasteiger charge is 2.19. The Morgan fingerprint density at radius 2 is 1.84 bits per heavy atom. The zero-order valence-electron chi connectivity index (χ0n) is 14.1. The monoisotopic (exact) mass is 336 g/mol. The summed E-state index contributed by atoms with van der Waals surface area (Å²) in [4.78, 5) is 35.5. The van der Waals surface area contributed by atoms with Crippen molar-refractivity contribution in [3.05, 3.63) is 64.7 Å². The maximum Gasteiger partial charge on any atom is 0.228 e. The van der Waals surface area contributed by atoms with Gasteiger partial charge in [0.15, 0.2) is 5.78 Å². The molecule has 0 atom stereocenters. The van der Waals surface area contributed by atoms with Crippen molar-refractivity contribution >= 4 is 23.3 Å². The Bertz CT molecular complexity index is 825. The van der Waals surface area contributed by atoms with E-state index in [0.29, 0.717) is 18.5 Å². The van der Waals surface area contributed by atoms with Gasteiger partial charge in [-0.15, -0.1) is 0 Å². The van der Waals surface area contributed by atoms with Crippen LogP contribution in [0.3, 0.4) is 0 Å². The summed E-state index contributed by atoms with van der Waals surface area (Å²) in [5.41, 5.74) is 4.34. The molecule has 0 aliphatic carbocycles. The Morgan fingerprint density at radius 3 is 2.60 bits per heavy atom. The van der Waals surface area contributed by atoms with Crippen molar-refractivity contribution in [3.8, 4) is 0 Å². The molecule has 0 radical (unpaired) electrons. The topological polar surface area (TPSA) is 75.3 Å². The molecule has 5 nitrogen and oxygen atoms in total. The second kappa shape index (κ2) is 7.30. The average Bonchev–Trinajstić information content (AvgIpc) is 2.98. The quantitative estimate of drug-likeness (QED) is 0.797. The first-order valence-corrected chi connectivity index (χ1v) is 8.29. The van der Waals surface area contributed by atoms with Crippen LogP contribution in [0.15, 0.2) is 42.5 Å². The van der Waals surface area contributed by atoms with Crippen molar-refractivity contribution in [1.29, 1.82) is 0 Å². The summed E-state index contributed by atoms with van der Waals surface area (Å²) in [6.45, 7) is 2.47. The number of carbonyl (C=O) groups is 3. The summed E-state index contributed by atoms with van der Waals surface area (Å²) in [5.74, 6) is -0.297. The minimum absolute atomic E-state index is 0.0601. The summed E-state index contributed by atoms with van der Waals surface area (Å²) < 4.78 is 0.